The number of rotatable bonds is 3. The van der Waals surface area contributed by atoms with Crippen LogP contribution in [0.25, 0.3) is 11.0 Å². The van der Waals surface area contributed by atoms with E-state index in [9.17, 15) is 20.6 Å². The Morgan fingerprint density at radius 3 is 2.83 bits per heavy atom. The number of ether oxygens (including phenoxy) is 1. The predicted molar refractivity (Wildman–Crippen MR) is 73.1 cm³/mol. The maximum absolute atomic E-state index is 10.5. The number of hydrogen-bond donors (Lipinski definition) is 5. The summed E-state index contributed by atoms with van der Waals surface area (Å²) >= 11 is 0. The summed E-state index contributed by atoms with van der Waals surface area (Å²) < 4.78 is 6.58. The average Bonchev–Trinajstić information content (AvgIpc) is 3.03. The van der Waals surface area contributed by atoms with Crippen LogP contribution in [-0.4, -0.2) is 64.7 Å². The van der Waals surface area contributed by atoms with Crippen LogP contribution < -0.4 is 5.48 Å². The first-order chi connectivity index (χ1) is 11.0. The van der Waals surface area contributed by atoms with E-state index in [1.165, 1.54) is 6.92 Å². The van der Waals surface area contributed by atoms with E-state index in [-0.39, 0.29) is 22.5 Å². The van der Waals surface area contributed by atoms with Gasteiger partial charge in [0, 0.05) is 0 Å². The molecular formula is C12H14N6O5. The van der Waals surface area contributed by atoms with Gasteiger partial charge in [-0.25, -0.2) is 14.6 Å². The summed E-state index contributed by atoms with van der Waals surface area (Å²) in [6.45, 7) is 0.820. The van der Waals surface area contributed by atoms with Crippen molar-refractivity contribution in [1.82, 2.24) is 19.7 Å². The van der Waals surface area contributed by atoms with Gasteiger partial charge in [0.25, 0.3) is 0 Å². The predicted octanol–water partition coefficient (Wildman–Crippen LogP) is -1.50. The van der Waals surface area contributed by atoms with Crippen LogP contribution in [0.15, 0.2) is 6.33 Å². The third-order valence-corrected chi connectivity index (χ3v) is 3.86. The molecule has 0 spiro atoms. The van der Waals surface area contributed by atoms with Gasteiger partial charge >= 0.3 is 0 Å². The lowest BCUT2D eigenvalue weighted by molar-refractivity contribution is -0.100. The normalized spacial score (nSPS) is 30.5. The maximum Gasteiger partial charge on any atom is 0.183 e. The molecule has 2 aromatic rings. The minimum absolute atomic E-state index is 0.0327. The van der Waals surface area contributed by atoms with E-state index in [0.29, 0.717) is 0 Å². The summed E-state index contributed by atoms with van der Waals surface area (Å²) in [5, 5.41) is 52.3. The SMILES string of the molecule is C[C@]1(O)C(n2nc(C#N)c3c(NO)ncnc32)O[C@H](CO)[C@H]1O. The van der Waals surface area contributed by atoms with Gasteiger partial charge in [-0.1, -0.05) is 0 Å². The Hall–Kier alpha value is -2.36. The van der Waals surface area contributed by atoms with Crippen LogP contribution >= 0.6 is 0 Å². The molecule has 0 aliphatic carbocycles. The van der Waals surface area contributed by atoms with Crippen molar-refractivity contribution in [3.8, 4) is 6.07 Å². The second-order valence-corrected chi connectivity index (χ2v) is 5.32. The number of aliphatic hydroxyl groups excluding tert-OH is 2. The van der Waals surface area contributed by atoms with Crippen molar-refractivity contribution in [2.24, 2.45) is 0 Å². The van der Waals surface area contributed by atoms with E-state index in [4.69, 9.17) is 9.94 Å². The van der Waals surface area contributed by atoms with E-state index < -0.39 is 30.6 Å². The number of hydrogen-bond acceptors (Lipinski definition) is 10. The number of nitriles is 1. The van der Waals surface area contributed by atoms with Gasteiger partial charge in [-0.05, 0) is 6.92 Å². The Balaban J connectivity index is 2.20. The smallest absolute Gasteiger partial charge is 0.183 e. The minimum atomic E-state index is -1.78. The fourth-order valence-corrected chi connectivity index (χ4v) is 2.65. The van der Waals surface area contributed by atoms with Gasteiger partial charge in [-0.3, -0.25) is 10.7 Å². The monoisotopic (exact) mass is 322 g/mol. The zero-order chi connectivity index (χ0) is 16.8. The molecule has 5 N–H and O–H groups in total. The lowest BCUT2D eigenvalue weighted by Crippen LogP contribution is -2.44. The molecule has 0 aromatic carbocycles. The van der Waals surface area contributed by atoms with Gasteiger partial charge in [-0.15, -0.1) is 0 Å². The molecular weight excluding hydrogens is 308 g/mol. The van der Waals surface area contributed by atoms with Crippen molar-refractivity contribution in [2.45, 2.75) is 31.0 Å². The highest BCUT2D eigenvalue weighted by Gasteiger charge is 2.54. The first-order valence-electron chi connectivity index (χ1n) is 6.65. The molecule has 2 aromatic heterocycles. The molecule has 0 radical (unpaired) electrons. The molecule has 1 aliphatic rings. The zero-order valence-electron chi connectivity index (χ0n) is 11.9. The maximum atomic E-state index is 10.5. The van der Waals surface area contributed by atoms with E-state index in [2.05, 4.69) is 15.1 Å². The first kappa shape index (κ1) is 15.5. The lowest BCUT2D eigenvalue weighted by atomic mass is 9.97. The molecule has 1 aliphatic heterocycles. The minimum Gasteiger partial charge on any atom is -0.394 e. The van der Waals surface area contributed by atoms with Gasteiger partial charge in [0.2, 0.25) is 0 Å². The number of aromatic nitrogens is 4. The first-order valence-corrected chi connectivity index (χ1v) is 6.65. The molecule has 3 rings (SSSR count). The second-order valence-electron chi connectivity index (χ2n) is 5.32. The lowest BCUT2D eigenvalue weighted by Gasteiger charge is -2.26. The summed E-state index contributed by atoms with van der Waals surface area (Å²) in [5.41, 5.74) is 0.0852. The van der Waals surface area contributed by atoms with Crippen molar-refractivity contribution in [1.29, 1.82) is 5.26 Å². The van der Waals surface area contributed by atoms with Crippen molar-refractivity contribution < 1.29 is 25.3 Å². The highest BCUT2D eigenvalue weighted by Crippen LogP contribution is 2.39. The number of nitrogens with zero attached hydrogens (tertiary/aromatic N) is 5. The molecule has 0 bridgehead atoms. The Morgan fingerprint density at radius 2 is 2.26 bits per heavy atom. The molecule has 11 nitrogen and oxygen atoms in total. The number of aliphatic hydroxyl groups is 3. The summed E-state index contributed by atoms with van der Waals surface area (Å²) in [5.74, 6) is -0.0327. The van der Waals surface area contributed by atoms with Crippen LogP contribution in [0.5, 0.6) is 0 Å². The standard InChI is InChI=1S/C12H14N6O5/c1-12(21)8(20)6(3-19)23-11(12)18-10-7(5(2-13)16-18)9(17-22)14-4-15-10/h4,6,8,11,19-22H,3H2,1H3,(H,14,15,17)/t6-,8-,11?,12-/m1/s1. The van der Waals surface area contributed by atoms with E-state index in [1.54, 1.807) is 0 Å². The van der Waals surface area contributed by atoms with Crippen LogP contribution in [0, 0.1) is 11.3 Å². The largest absolute Gasteiger partial charge is 0.394 e. The van der Waals surface area contributed by atoms with E-state index >= 15 is 0 Å². The molecule has 3 heterocycles. The van der Waals surface area contributed by atoms with E-state index in [1.807, 2.05) is 11.5 Å². The van der Waals surface area contributed by atoms with Crippen LogP contribution in [0.4, 0.5) is 5.82 Å². The number of fused-ring (bicyclic) bond motifs is 1. The topological polar surface area (TPSA) is 170 Å². The highest BCUT2D eigenvalue weighted by atomic mass is 16.6. The van der Waals surface area contributed by atoms with Gasteiger partial charge in [0.15, 0.2) is 23.4 Å². The van der Waals surface area contributed by atoms with Crippen LogP contribution in [0.1, 0.15) is 18.8 Å². The van der Waals surface area contributed by atoms with E-state index in [0.717, 1.165) is 11.0 Å². The van der Waals surface area contributed by atoms with Crippen molar-refractivity contribution in [3.05, 3.63) is 12.0 Å². The third kappa shape index (κ3) is 2.12. The molecule has 1 fully saturated rings. The Kier molecular flexibility index (Phi) is 3.63. The molecule has 4 atom stereocenters. The molecule has 1 saturated heterocycles. The Labute approximate surface area is 129 Å². The molecule has 1 unspecified atom stereocenters. The fraction of sp³-hybridized carbons (Fsp3) is 0.500. The summed E-state index contributed by atoms with van der Waals surface area (Å²) in [6, 6.07) is 1.84. The average molecular weight is 322 g/mol. The van der Waals surface area contributed by atoms with Gasteiger partial charge in [0.1, 0.15) is 35.6 Å². The summed E-state index contributed by atoms with van der Waals surface area (Å²) in [7, 11) is 0. The zero-order valence-corrected chi connectivity index (χ0v) is 11.9. The fourth-order valence-electron chi connectivity index (χ4n) is 2.65. The molecule has 0 amide bonds. The Morgan fingerprint density at radius 1 is 1.52 bits per heavy atom. The molecule has 11 heteroatoms. The molecule has 23 heavy (non-hydrogen) atoms. The molecule has 122 valence electrons. The summed E-state index contributed by atoms with van der Waals surface area (Å²) in [6.07, 6.45) is -2.44. The molecule has 0 saturated carbocycles. The van der Waals surface area contributed by atoms with Crippen molar-refractivity contribution >= 4 is 16.9 Å². The number of nitrogens with one attached hydrogen (secondary N) is 1. The van der Waals surface area contributed by atoms with Crippen LogP contribution in [0.3, 0.4) is 0 Å². The highest BCUT2D eigenvalue weighted by molar-refractivity contribution is 5.90. The van der Waals surface area contributed by atoms with Crippen molar-refractivity contribution in [3.63, 3.8) is 0 Å². The van der Waals surface area contributed by atoms with Gasteiger partial charge in [0.05, 0.1) is 6.61 Å². The van der Waals surface area contributed by atoms with Crippen LogP contribution in [0.2, 0.25) is 0 Å². The van der Waals surface area contributed by atoms with Crippen molar-refractivity contribution in [2.75, 3.05) is 12.1 Å². The third-order valence-electron chi connectivity index (χ3n) is 3.86. The quantitative estimate of drug-likeness (QED) is 0.419. The van der Waals surface area contributed by atoms with Gasteiger partial charge in [-0.2, -0.15) is 10.4 Å². The number of anilines is 1. The van der Waals surface area contributed by atoms with Gasteiger partial charge < -0.3 is 20.1 Å². The summed E-state index contributed by atoms with van der Waals surface area (Å²) in [4.78, 5) is 7.78. The second kappa shape index (κ2) is 5.37. The Bertz CT molecular complexity index is 784. The van der Waals surface area contributed by atoms with Crippen LogP contribution in [-0.2, 0) is 4.74 Å².